The van der Waals surface area contributed by atoms with Crippen molar-refractivity contribution in [3.8, 4) is 11.3 Å². The molecule has 0 atom stereocenters. The van der Waals surface area contributed by atoms with Crippen molar-refractivity contribution in [2.75, 3.05) is 39.4 Å². The lowest BCUT2D eigenvalue weighted by atomic mass is 10.0. The van der Waals surface area contributed by atoms with Crippen LogP contribution in [0.5, 0.6) is 0 Å². The number of carbonyl (C=O) groups excluding carboxylic acids is 1. The summed E-state index contributed by atoms with van der Waals surface area (Å²) >= 11 is 0. The Morgan fingerprint density at radius 3 is 2.66 bits per heavy atom. The molecule has 29 heavy (non-hydrogen) atoms. The first-order valence-corrected chi connectivity index (χ1v) is 10.1. The van der Waals surface area contributed by atoms with Gasteiger partial charge in [0.05, 0.1) is 13.2 Å². The zero-order valence-corrected chi connectivity index (χ0v) is 16.4. The van der Waals surface area contributed by atoms with E-state index in [0.717, 1.165) is 60.6 Å². The number of halogens is 1. The van der Waals surface area contributed by atoms with Gasteiger partial charge >= 0.3 is 0 Å². The van der Waals surface area contributed by atoms with Crippen LogP contribution in [0, 0.1) is 5.82 Å². The number of aromatic nitrogens is 1. The topological polar surface area (TPSA) is 57.4 Å². The molecule has 1 aliphatic rings. The number of nitrogens with zero attached hydrogens (tertiary/aromatic N) is 1. The summed E-state index contributed by atoms with van der Waals surface area (Å²) in [6.07, 6.45) is 1.04. The highest BCUT2D eigenvalue weighted by atomic mass is 19.1. The molecule has 1 amide bonds. The van der Waals surface area contributed by atoms with Crippen LogP contribution in [0.3, 0.4) is 0 Å². The number of benzene rings is 2. The summed E-state index contributed by atoms with van der Waals surface area (Å²) in [5.41, 5.74) is 3.99. The molecule has 1 fully saturated rings. The van der Waals surface area contributed by atoms with Crippen LogP contribution in [0.25, 0.3) is 22.2 Å². The van der Waals surface area contributed by atoms with Crippen molar-refractivity contribution in [2.45, 2.75) is 12.8 Å². The van der Waals surface area contributed by atoms with Gasteiger partial charge in [-0.2, -0.15) is 0 Å². The summed E-state index contributed by atoms with van der Waals surface area (Å²) in [6, 6.07) is 14.5. The van der Waals surface area contributed by atoms with Gasteiger partial charge in [-0.3, -0.25) is 9.69 Å². The molecule has 152 valence electrons. The first kappa shape index (κ1) is 19.6. The maximum absolute atomic E-state index is 13.3. The number of aryl methyl sites for hydroxylation is 1. The molecular formula is C23H26FN3O2. The minimum atomic E-state index is -0.258. The van der Waals surface area contributed by atoms with Crippen LogP contribution in [0.15, 0.2) is 48.5 Å². The van der Waals surface area contributed by atoms with E-state index in [1.807, 2.05) is 18.2 Å². The number of carbonyl (C=O) groups is 1. The van der Waals surface area contributed by atoms with Gasteiger partial charge in [-0.25, -0.2) is 4.39 Å². The number of aromatic amines is 1. The lowest BCUT2D eigenvalue weighted by Gasteiger charge is -2.26. The number of hydrogen-bond acceptors (Lipinski definition) is 3. The molecule has 4 rings (SSSR count). The smallest absolute Gasteiger partial charge is 0.220 e. The number of morpholine rings is 1. The van der Waals surface area contributed by atoms with Crippen molar-refractivity contribution in [1.29, 1.82) is 0 Å². The highest BCUT2D eigenvalue weighted by Crippen LogP contribution is 2.31. The second-order valence-electron chi connectivity index (χ2n) is 7.33. The zero-order valence-electron chi connectivity index (χ0n) is 16.4. The molecule has 0 radical (unpaired) electrons. The Labute approximate surface area is 169 Å². The SMILES string of the molecule is O=C(CCc1c(-c2ccc(F)cc2)[nH]c2ccccc12)NCCN1CCOCC1. The first-order chi connectivity index (χ1) is 14.2. The average Bonchev–Trinajstić information content (AvgIpc) is 3.12. The zero-order chi connectivity index (χ0) is 20.1. The number of nitrogens with one attached hydrogen (secondary N) is 2. The molecule has 0 bridgehead atoms. The number of rotatable bonds is 7. The average molecular weight is 395 g/mol. The molecular weight excluding hydrogens is 369 g/mol. The van der Waals surface area contributed by atoms with Gasteiger partial charge in [-0.15, -0.1) is 0 Å². The third-order valence-electron chi connectivity index (χ3n) is 5.40. The highest BCUT2D eigenvalue weighted by Gasteiger charge is 2.15. The summed E-state index contributed by atoms with van der Waals surface area (Å²) in [5.74, 6) is -0.209. The summed E-state index contributed by atoms with van der Waals surface area (Å²) in [5, 5.41) is 4.13. The number of para-hydroxylation sites is 1. The van der Waals surface area contributed by atoms with Gasteiger partial charge in [0, 0.05) is 49.2 Å². The Balaban J connectivity index is 1.42. The lowest BCUT2D eigenvalue weighted by Crippen LogP contribution is -2.41. The van der Waals surface area contributed by atoms with Crippen LogP contribution < -0.4 is 5.32 Å². The summed E-state index contributed by atoms with van der Waals surface area (Å²) in [6.45, 7) is 4.88. The van der Waals surface area contributed by atoms with Crippen LogP contribution in [0.1, 0.15) is 12.0 Å². The van der Waals surface area contributed by atoms with Gasteiger partial charge in [-0.1, -0.05) is 18.2 Å². The minimum Gasteiger partial charge on any atom is -0.379 e. The van der Waals surface area contributed by atoms with Gasteiger partial charge in [0.15, 0.2) is 0 Å². The fourth-order valence-corrected chi connectivity index (χ4v) is 3.83. The van der Waals surface area contributed by atoms with Gasteiger partial charge in [0.25, 0.3) is 0 Å². The molecule has 6 heteroatoms. The Morgan fingerprint density at radius 1 is 1.10 bits per heavy atom. The van der Waals surface area contributed by atoms with Crippen molar-refractivity contribution >= 4 is 16.8 Å². The highest BCUT2D eigenvalue weighted by molar-refractivity contribution is 5.91. The van der Waals surface area contributed by atoms with Crippen LogP contribution in [-0.2, 0) is 16.0 Å². The lowest BCUT2D eigenvalue weighted by molar-refractivity contribution is -0.121. The molecule has 0 unspecified atom stereocenters. The van der Waals surface area contributed by atoms with E-state index < -0.39 is 0 Å². The Bertz CT molecular complexity index is 962. The van der Waals surface area contributed by atoms with Crippen molar-refractivity contribution in [3.05, 3.63) is 59.9 Å². The Hall–Kier alpha value is -2.70. The molecule has 5 nitrogen and oxygen atoms in total. The van der Waals surface area contributed by atoms with E-state index in [1.54, 1.807) is 12.1 Å². The predicted octanol–water partition coefficient (Wildman–Crippen LogP) is 3.36. The predicted molar refractivity (Wildman–Crippen MR) is 112 cm³/mol. The molecule has 2 aromatic carbocycles. The maximum atomic E-state index is 13.3. The largest absolute Gasteiger partial charge is 0.379 e. The third-order valence-corrected chi connectivity index (χ3v) is 5.40. The fourth-order valence-electron chi connectivity index (χ4n) is 3.83. The van der Waals surface area contributed by atoms with Gasteiger partial charge in [0.1, 0.15) is 5.82 Å². The van der Waals surface area contributed by atoms with E-state index in [9.17, 15) is 9.18 Å². The molecule has 2 heterocycles. The molecule has 3 aromatic rings. The number of H-pyrrole nitrogens is 1. The number of ether oxygens (including phenoxy) is 1. The normalized spacial score (nSPS) is 14.9. The summed E-state index contributed by atoms with van der Waals surface area (Å²) in [7, 11) is 0. The minimum absolute atomic E-state index is 0.0496. The van der Waals surface area contributed by atoms with Crippen molar-refractivity contribution in [1.82, 2.24) is 15.2 Å². The van der Waals surface area contributed by atoms with E-state index in [4.69, 9.17) is 4.74 Å². The number of fused-ring (bicyclic) bond motifs is 1. The van der Waals surface area contributed by atoms with Gasteiger partial charge < -0.3 is 15.0 Å². The third kappa shape index (κ3) is 4.83. The summed E-state index contributed by atoms with van der Waals surface area (Å²) < 4.78 is 18.7. The van der Waals surface area contributed by atoms with Crippen LogP contribution in [-0.4, -0.2) is 55.2 Å². The standard InChI is InChI=1S/C23H26FN3O2/c24-18-7-5-17(6-8-18)23-20(19-3-1-2-4-21(19)26-23)9-10-22(28)25-11-12-27-13-15-29-16-14-27/h1-8,26H,9-16H2,(H,25,28). The Kier molecular flexibility index (Phi) is 6.22. The summed E-state index contributed by atoms with van der Waals surface area (Å²) in [4.78, 5) is 18.1. The van der Waals surface area contributed by atoms with E-state index >= 15 is 0 Å². The molecule has 1 saturated heterocycles. The molecule has 1 aromatic heterocycles. The monoisotopic (exact) mass is 395 g/mol. The van der Waals surface area contributed by atoms with Crippen molar-refractivity contribution in [2.24, 2.45) is 0 Å². The van der Waals surface area contributed by atoms with E-state index in [1.165, 1.54) is 12.1 Å². The molecule has 0 spiro atoms. The van der Waals surface area contributed by atoms with Gasteiger partial charge in [0.2, 0.25) is 5.91 Å². The molecule has 2 N–H and O–H groups in total. The van der Waals surface area contributed by atoms with Gasteiger partial charge in [-0.05, 0) is 47.9 Å². The van der Waals surface area contributed by atoms with E-state index in [0.29, 0.717) is 19.4 Å². The van der Waals surface area contributed by atoms with E-state index in [-0.39, 0.29) is 11.7 Å². The maximum Gasteiger partial charge on any atom is 0.220 e. The van der Waals surface area contributed by atoms with Crippen LogP contribution in [0.4, 0.5) is 4.39 Å². The number of hydrogen-bond donors (Lipinski definition) is 2. The van der Waals surface area contributed by atoms with Crippen LogP contribution >= 0.6 is 0 Å². The van der Waals surface area contributed by atoms with E-state index in [2.05, 4.69) is 21.3 Å². The van der Waals surface area contributed by atoms with Crippen molar-refractivity contribution < 1.29 is 13.9 Å². The van der Waals surface area contributed by atoms with Crippen LogP contribution in [0.2, 0.25) is 0 Å². The fraction of sp³-hybridized carbons (Fsp3) is 0.348. The molecule has 0 saturated carbocycles. The number of amides is 1. The Morgan fingerprint density at radius 2 is 1.86 bits per heavy atom. The van der Waals surface area contributed by atoms with Crippen molar-refractivity contribution in [3.63, 3.8) is 0 Å². The molecule has 0 aliphatic carbocycles. The molecule has 1 aliphatic heterocycles. The quantitative estimate of drug-likeness (QED) is 0.645. The second kappa shape index (κ2) is 9.20. The second-order valence-corrected chi connectivity index (χ2v) is 7.33. The first-order valence-electron chi connectivity index (χ1n) is 10.1.